The summed E-state index contributed by atoms with van der Waals surface area (Å²) >= 11 is 11.9. The second-order valence-electron chi connectivity index (χ2n) is 5.12. The summed E-state index contributed by atoms with van der Waals surface area (Å²) in [5.74, 6) is 1.27. The van der Waals surface area contributed by atoms with E-state index in [0.29, 0.717) is 33.9 Å². The molecule has 0 aliphatic heterocycles. The first-order valence-corrected chi connectivity index (χ1v) is 8.10. The molecule has 0 amide bonds. The Morgan fingerprint density at radius 2 is 1.92 bits per heavy atom. The van der Waals surface area contributed by atoms with Crippen molar-refractivity contribution in [1.82, 2.24) is 20.6 Å². The molecule has 1 aromatic heterocycles. The lowest BCUT2D eigenvalue weighted by Crippen LogP contribution is -2.39. The van der Waals surface area contributed by atoms with Gasteiger partial charge in [0.05, 0.1) is 18.3 Å². The van der Waals surface area contributed by atoms with Gasteiger partial charge < -0.3 is 15.7 Å². The first-order chi connectivity index (χ1) is 11.5. The van der Waals surface area contributed by atoms with Gasteiger partial charge in [0.2, 0.25) is 0 Å². The van der Waals surface area contributed by atoms with Gasteiger partial charge in [0.15, 0.2) is 5.96 Å². The van der Waals surface area contributed by atoms with Crippen molar-refractivity contribution in [3.63, 3.8) is 0 Å². The van der Waals surface area contributed by atoms with Gasteiger partial charge in [-0.05, 0) is 36.8 Å². The highest BCUT2D eigenvalue weighted by molar-refractivity contribution is 14.0. The fourth-order valence-electron chi connectivity index (χ4n) is 2.08. The predicted molar refractivity (Wildman–Crippen MR) is 112 cm³/mol. The smallest absolute Gasteiger partial charge is 0.191 e. The maximum Gasteiger partial charge on any atom is 0.191 e. The van der Waals surface area contributed by atoms with E-state index in [0.717, 1.165) is 5.69 Å². The standard InChI is InChI=1S/C16H19Cl2N5O.HI/c1-10-20-4-3-14(23-10)8-21-16(19-2)22-9-15(24)11-5-12(17)7-13(18)6-11;/h3-7,15,24H,8-9H2,1-2H3,(H2,19,21,22);1H. The van der Waals surface area contributed by atoms with Gasteiger partial charge in [0.25, 0.3) is 0 Å². The molecule has 1 atom stereocenters. The lowest BCUT2D eigenvalue weighted by atomic mass is 10.1. The molecule has 2 rings (SSSR count). The summed E-state index contributed by atoms with van der Waals surface area (Å²) in [6.07, 6.45) is 0.948. The molecule has 0 aliphatic rings. The van der Waals surface area contributed by atoms with Crippen LogP contribution in [0.5, 0.6) is 0 Å². The van der Waals surface area contributed by atoms with Crippen LogP contribution in [0.15, 0.2) is 35.5 Å². The second-order valence-corrected chi connectivity index (χ2v) is 5.99. The van der Waals surface area contributed by atoms with Crippen LogP contribution < -0.4 is 10.6 Å². The summed E-state index contributed by atoms with van der Waals surface area (Å²) in [5.41, 5.74) is 1.49. The molecule has 0 radical (unpaired) electrons. The molecule has 0 fully saturated rings. The first kappa shape index (κ1) is 21.9. The second kappa shape index (κ2) is 10.7. The van der Waals surface area contributed by atoms with Gasteiger partial charge in [-0.1, -0.05) is 23.2 Å². The number of aliphatic imine (C=N–C) groups is 1. The molecular weight excluding hydrogens is 476 g/mol. The predicted octanol–water partition coefficient (Wildman–Crippen LogP) is 3.11. The van der Waals surface area contributed by atoms with Gasteiger partial charge >= 0.3 is 0 Å². The number of aromatic nitrogens is 2. The van der Waals surface area contributed by atoms with Gasteiger partial charge in [-0.15, -0.1) is 24.0 Å². The van der Waals surface area contributed by atoms with E-state index in [1.54, 1.807) is 31.4 Å². The maximum atomic E-state index is 10.3. The average Bonchev–Trinajstić information content (AvgIpc) is 2.54. The van der Waals surface area contributed by atoms with Crippen LogP contribution in [-0.2, 0) is 6.54 Å². The molecule has 0 saturated heterocycles. The van der Waals surface area contributed by atoms with E-state index in [9.17, 15) is 5.11 Å². The van der Waals surface area contributed by atoms with Gasteiger partial charge in [0, 0.05) is 29.8 Å². The number of guanidine groups is 1. The molecule has 3 N–H and O–H groups in total. The van der Waals surface area contributed by atoms with Crippen LogP contribution in [0.4, 0.5) is 0 Å². The largest absolute Gasteiger partial charge is 0.387 e. The molecule has 0 bridgehead atoms. The molecule has 1 heterocycles. The van der Waals surface area contributed by atoms with Crippen LogP contribution in [0.25, 0.3) is 0 Å². The number of rotatable bonds is 5. The van der Waals surface area contributed by atoms with Crippen molar-refractivity contribution in [2.75, 3.05) is 13.6 Å². The Morgan fingerprint density at radius 3 is 2.52 bits per heavy atom. The minimum Gasteiger partial charge on any atom is -0.387 e. The van der Waals surface area contributed by atoms with Crippen LogP contribution in [0.3, 0.4) is 0 Å². The molecule has 0 spiro atoms. The summed E-state index contributed by atoms with van der Waals surface area (Å²) in [7, 11) is 1.66. The minimum absolute atomic E-state index is 0. The molecule has 6 nitrogen and oxygen atoms in total. The third kappa shape index (κ3) is 7.31. The molecule has 0 aliphatic carbocycles. The maximum absolute atomic E-state index is 10.3. The molecule has 0 saturated carbocycles. The Hall–Kier alpha value is -1.16. The average molecular weight is 496 g/mol. The number of hydrogen-bond donors (Lipinski definition) is 3. The van der Waals surface area contributed by atoms with Gasteiger partial charge in [0.1, 0.15) is 5.82 Å². The fraction of sp³-hybridized carbons (Fsp3) is 0.312. The van der Waals surface area contributed by atoms with Crippen molar-refractivity contribution in [3.8, 4) is 0 Å². The van der Waals surface area contributed by atoms with Crippen molar-refractivity contribution < 1.29 is 5.11 Å². The van der Waals surface area contributed by atoms with E-state index in [-0.39, 0.29) is 30.5 Å². The molecule has 1 unspecified atom stereocenters. The number of aliphatic hydroxyl groups excluding tert-OH is 1. The molecular formula is C16H20Cl2IN5O. The van der Waals surface area contributed by atoms with Crippen LogP contribution >= 0.6 is 47.2 Å². The number of nitrogens with one attached hydrogen (secondary N) is 2. The normalized spacial score (nSPS) is 12.3. The van der Waals surface area contributed by atoms with Crippen molar-refractivity contribution >= 4 is 53.1 Å². The minimum atomic E-state index is -0.763. The van der Waals surface area contributed by atoms with Gasteiger partial charge in [-0.2, -0.15) is 0 Å². The van der Waals surface area contributed by atoms with Crippen LogP contribution in [0.2, 0.25) is 10.0 Å². The fourth-order valence-corrected chi connectivity index (χ4v) is 2.62. The molecule has 1 aromatic carbocycles. The zero-order chi connectivity index (χ0) is 17.5. The van der Waals surface area contributed by atoms with E-state index in [1.165, 1.54) is 0 Å². The van der Waals surface area contributed by atoms with E-state index in [4.69, 9.17) is 23.2 Å². The van der Waals surface area contributed by atoms with Crippen LogP contribution in [0, 0.1) is 6.92 Å². The number of hydrogen-bond acceptors (Lipinski definition) is 4. The third-order valence-corrected chi connectivity index (χ3v) is 3.66. The molecule has 2 aromatic rings. The Balaban J connectivity index is 0.00000312. The highest BCUT2D eigenvalue weighted by atomic mass is 127. The van der Waals surface area contributed by atoms with E-state index < -0.39 is 6.10 Å². The van der Waals surface area contributed by atoms with Crippen LogP contribution in [-0.4, -0.2) is 34.6 Å². The molecule has 136 valence electrons. The number of halogens is 3. The topological polar surface area (TPSA) is 82.4 Å². The van der Waals surface area contributed by atoms with Crippen LogP contribution in [0.1, 0.15) is 23.2 Å². The summed E-state index contributed by atoms with van der Waals surface area (Å²) in [4.78, 5) is 12.5. The first-order valence-electron chi connectivity index (χ1n) is 7.35. The number of nitrogens with zero attached hydrogens (tertiary/aromatic N) is 3. The number of benzene rings is 1. The zero-order valence-corrected chi connectivity index (χ0v) is 17.7. The SMILES string of the molecule is CN=C(NCc1ccnc(C)n1)NCC(O)c1cc(Cl)cc(Cl)c1.I. The summed E-state index contributed by atoms with van der Waals surface area (Å²) in [6, 6.07) is 6.81. The van der Waals surface area contributed by atoms with Gasteiger partial charge in [-0.25, -0.2) is 9.97 Å². The lowest BCUT2D eigenvalue weighted by Gasteiger charge is -2.16. The van der Waals surface area contributed by atoms with E-state index in [2.05, 4.69) is 25.6 Å². The molecule has 25 heavy (non-hydrogen) atoms. The van der Waals surface area contributed by atoms with E-state index >= 15 is 0 Å². The van der Waals surface area contributed by atoms with Gasteiger partial charge in [-0.3, -0.25) is 4.99 Å². The van der Waals surface area contributed by atoms with Crippen molar-refractivity contribution in [2.24, 2.45) is 4.99 Å². The van der Waals surface area contributed by atoms with Crippen molar-refractivity contribution in [3.05, 3.63) is 57.6 Å². The Labute approximate surface area is 174 Å². The lowest BCUT2D eigenvalue weighted by molar-refractivity contribution is 0.181. The summed E-state index contributed by atoms with van der Waals surface area (Å²) in [5, 5.41) is 17.4. The monoisotopic (exact) mass is 495 g/mol. The Kier molecular flexibility index (Phi) is 9.41. The van der Waals surface area contributed by atoms with E-state index in [1.807, 2.05) is 13.0 Å². The Bertz CT molecular complexity index is 709. The van der Waals surface area contributed by atoms with Crippen molar-refractivity contribution in [1.29, 1.82) is 0 Å². The molecule has 9 heteroatoms. The zero-order valence-electron chi connectivity index (χ0n) is 13.8. The Morgan fingerprint density at radius 1 is 1.24 bits per heavy atom. The highest BCUT2D eigenvalue weighted by Gasteiger charge is 2.10. The summed E-state index contributed by atoms with van der Waals surface area (Å²) in [6.45, 7) is 2.60. The number of aliphatic hydroxyl groups is 1. The highest BCUT2D eigenvalue weighted by Crippen LogP contribution is 2.23. The number of aryl methyl sites for hydroxylation is 1. The quantitative estimate of drug-likeness (QED) is 0.337. The third-order valence-electron chi connectivity index (χ3n) is 3.23. The van der Waals surface area contributed by atoms with Crippen molar-refractivity contribution in [2.45, 2.75) is 19.6 Å². The summed E-state index contributed by atoms with van der Waals surface area (Å²) < 4.78 is 0.